The molecule has 0 radical (unpaired) electrons. The Morgan fingerprint density at radius 3 is 2.25 bits per heavy atom. The third kappa shape index (κ3) is 3.84. The van der Waals surface area contributed by atoms with Crippen molar-refractivity contribution in [2.45, 2.75) is 25.6 Å². The van der Waals surface area contributed by atoms with Gasteiger partial charge in [-0.1, -0.05) is 6.08 Å². The lowest BCUT2D eigenvalue weighted by Gasteiger charge is -2.05. The van der Waals surface area contributed by atoms with E-state index in [0.717, 1.165) is 0 Å². The molecule has 0 bridgehead atoms. The van der Waals surface area contributed by atoms with Gasteiger partial charge in [-0.2, -0.15) is 0 Å². The predicted molar refractivity (Wildman–Crippen MR) is 32.5 cm³/mol. The summed E-state index contributed by atoms with van der Waals surface area (Å²) in [4.78, 5) is 0. The molecule has 0 spiro atoms. The van der Waals surface area contributed by atoms with Crippen LogP contribution in [0, 0.1) is 0 Å². The van der Waals surface area contributed by atoms with Crippen LogP contribution in [0.15, 0.2) is 12.7 Å². The normalized spacial score (nSPS) is 17.4. The number of aliphatic hydroxyl groups is 2. The summed E-state index contributed by atoms with van der Waals surface area (Å²) < 4.78 is 0. The van der Waals surface area contributed by atoms with Gasteiger partial charge >= 0.3 is 0 Å². The molecule has 0 unspecified atom stereocenters. The molecule has 2 atom stereocenters. The maximum atomic E-state index is 8.75. The summed E-state index contributed by atoms with van der Waals surface area (Å²) in [5.41, 5.74) is 0. The molecule has 2 heteroatoms. The lowest BCUT2D eigenvalue weighted by molar-refractivity contribution is 0.117. The van der Waals surface area contributed by atoms with Gasteiger partial charge in [-0.15, -0.1) is 6.58 Å². The first-order valence-corrected chi connectivity index (χ1v) is 2.65. The smallest absolute Gasteiger partial charge is 0.0742 e. The average molecular weight is 116 g/mol. The fourth-order valence-electron chi connectivity index (χ4n) is 0.446. The minimum Gasteiger partial charge on any atom is -0.393 e. The van der Waals surface area contributed by atoms with E-state index in [9.17, 15) is 0 Å². The Morgan fingerprint density at radius 1 is 1.62 bits per heavy atom. The average Bonchev–Trinajstić information content (AvgIpc) is 1.65. The van der Waals surface area contributed by atoms with E-state index < -0.39 is 12.2 Å². The molecule has 0 aromatic rings. The van der Waals surface area contributed by atoms with Crippen LogP contribution in [0.1, 0.15) is 13.3 Å². The van der Waals surface area contributed by atoms with Crippen molar-refractivity contribution in [3.8, 4) is 0 Å². The van der Waals surface area contributed by atoms with Crippen LogP contribution < -0.4 is 0 Å². The zero-order valence-corrected chi connectivity index (χ0v) is 5.04. The molecular weight excluding hydrogens is 104 g/mol. The van der Waals surface area contributed by atoms with Crippen LogP contribution >= 0.6 is 0 Å². The molecule has 0 amide bonds. The second-order valence-electron chi connectivity index (χ2n) is 1.89. The minimum atomic E-state index is -0.560. The summed E-state index contributed by atoms with van der Waals surface area (Å²) in [7, 11) is 0. The second kappa shape index (κ2) is 3.64. The van der Waals surface area contributed by atoms with E-state index in [2.05, 4.69) is 6.58 Å². The van der Waals surface area contributed by atoms with Gasteiger partial charge in [0.2, 0.25) is 0 Å². The molecule has 0 aliphatic rings. The Hall–Kier alpha value is -0.340. The first-order valence-electron chi connectivity index (χ1n) is 2.65. The Kier molecular flexibility index (Phi) is 3.48. The highest BCUT2D eigenvalue weighted by molar-refractivity contribution is 4.78. The molecule has 0 saturated heterocycles. The molecule has 0 aliphatic carbocycles. The highest BCUT2D eigenvalue weighted by Crippen LogP contribution is 1.96. The van der Waals surface area contributed by atoms with E-state index >= 15 is 0 Å². The van der Waals surface area contributed by atoms with Gasteiger partial charge in [0.25, 0.3) is 0 Å². The summed E-state index contributed by atoms with van der Waals surface area (Å²) in [6, 6.07) is 0. The molecule has 0 aromatic carbocycles. The Labute approximate surface area is 49.5 Å². The topological polar surface area (TPSA) is 40.5 Å². The lowest BCUT2D eigenvalue weighted by atomic mass is 10.2. The van der Waals surface area contributed by atoms with Crippen molar-refractivity contribution < 1.29 is 10.2 Å². The summed E-state index contributed by atoms with van der Waals surface area (Å²) in [5, 5.41) is 17.4. The third-order valence-electron chi connectivity index (χ3n) is 0.855. The number of rotatable bonds is 3. The van der Waals surface area contributed by atoms with Gasteiger partial charge < -0.3 is 10.2 Å². The number of aliphatic hydroxyl groups excluding tert-OH is 2. The fourth-order valence-corrected chi connectivity index (χ4v) is 0.446. The third-order valence-corrected chi connectivity index (χ3v) is 0.855. The van der Waals surface area contributed by atoms with Crippen LogP contribution in [0.5, 0.6) is 0 Å². The zero-order chi connectivity index (χ0) is 6.57. The monoisotopic (exact) mass is 116 g/mol. The van der Waals surface area contributed by atoms with Gasteiger partial charge in [0.1, 0.15) is 0 Å². The van der Waals surface area contributed by atoms with Gasteiger partial charge in [0.05, 0.1) is 12.2 Å². The van der Waals surface area contributed by atoms with Gasteiger partial charge in [0, 0.05) is 6.42 Å². The Morgan fingerprint density at radius 2 is 2.12 bits per heavy atom. The van der Waals surface area contributed by atoms with Crippen LogP contribution in [0.2, 0.25) is 0 Å². The quantitative estimate of drug-likeness (QED) is 0.521. The molecule has 0 fully saturated rings. The van der Waals surface area contributed by atoms with Crippen molar-refractivity contribution in [1.29, 1.82) is 0 Å². The van der Waals surface area contributed by atoms with Gasteiger partial charge in [-0.25, -0.2) is 0 Å². The molecule has 48 valence electrons. The van der Waals surface area contributed by atoms with Crippen molar-refractivity contribution in [2.24, 2.45) is 0 Å². The van der Waals surface area contributed by atoms with E-state index in [4.69, 9.17) is 10.2 Å². The van der Waals surface area contributed by atoms with Gasteiger partial charge in [-0.3, -0.25) is 0 Å². The van der Waals surface area contributed by atoms with E-state index in [-0.39, 0.29) is 0 Å². The van der Waals surface area contributed by atoms with Crippen LogP contribution in [-0.4, -0.2) is 22.4 Å². The molecule has 0 heterocycles. The van der Waals surface area contributed by atoms with E-state index in [1.165, 1.54) is 6.08 Å². The number of hydrogen-bond donors (Lipinski definition) is 2. The molecule has 0 aromatic heterocycles. The summed E-state index contributed by atoms with van der Waals surface area (Å²) >= 11 is 0. The van der Waals surface area contributed by atoms with Crippen LogP contribution in [0.3, 0.4) is 0 Å². The maximum absolute atomic E-state index is 8.75. The second-order valence-corrected chi connectivity index (χ2v) is 1.89. The van der Waals surface area contributed by atoms with Crippen molar-refractivity contribution >= 4 is 0 Å². The lowest BCUT2D eigenvalue weighted by Crippen LogP contribution is -2.11. The van der Waals surface area contributed by atoms with Crippen molar-refractivity contribution in [3.05, 3.63) is 12.7 Å². The largest absolute Gasteiger partial charge is 0.393 e. The molecule has 0 aliphatic heterocycles. The predicted octanol–water partition coefficient (Wildman–Crippen LogP) is 0.304. The minimum absolute atomic E-state index is 0.378. The van der Waals surface area contributed by atoms with Gasteiger partial charge in [-0.05, 0) is 6.92 Å². The molecule has 0 rings (SSSR count). The summed E-state index contributed by atoms with van der Waals surface area (Å²) in [6.07, 6.45) is 0.786. The zero-order valence-electron chi connectivity index (χ0n) is 5.04. The van der Waals surface area contributed by atoms with Crippen LogP contribution in [0.4, 0.5) is 0 Å². The van der Waals surface area contributed by atoms with Crippen molar-refractivity contribution in [2.75, 3.05) is 0 Å². The van der Waals surface area contributed by atoms with Crippen LogP contribution in [0.25, 0.3) is 0 Å². The standard InChI is InChI=1S/C6H12O2/c1-3-6(8)4-5(2)7/h3,5-8H,1,4H2,2H3/t5-,6+/m0/s1. The molecule has 0 saturated carbocycles. The van der Waals surface area contributed by atoms with Crippen LogP contribution in [-0.2, 0) is 0 Å². The Bertz CT molecular complexity index is 68.9. The highest BCUT2D eigenvalue weighted by atomic mass is 16.3. The van der Waals surface area contributed by atoms with E-state index in [1.54, 1.807) is 6.92 Å². The molecular formula is C6H12O2. The fraction of sp³-hybridized carbons (Fsp3) is 0.667. The van der Waals surface area contributed by atoms with Crippen molar-refractivity contribution in [3.63, 3.8) is 0 Å². The molecule has 2 N–H and O–H groups in total. The first-order chi connectivity index (χ1) is 3.66. The number of hydrogen-bond acceptors (Lipinski definition) is 2. The van der Waals surface area contributed by atoms with Gasteiger partial charge in [0.15, 0.2) is 0 Å². The summed E-state index contributed by atoms with van der Waals surface area (Å²) in [5.74, 6) is 0. The highest BCUT2D eigenvalue weighted by Gasteiger charge is 2.01. The first kappa shape index (κ1) is 7.66. The van der Waals surface area contributed by atoms with E-state index in [1.807, 2.05) is 0 Å². The molecule has 8 heavy (non-hydrogen) atoms. The SMILES string of the molecule is C=C[C@@H](O)C[C@H](C)O. The van der Waals surface area contributed by atoms with Crippen molar-refractivity contribution in [1.82, 2.24) is 0 Å². The summed E-state index contributed by atoms with van der Waals surface area (Å²) in [6.45, 7) is 4.98. The Balaban J connectivity index is 3.23. The maximum Gasteiger partial charge on any atom is 0.0742 e. The molecule has 2 nitrogen and oxygen atoms in total. The van der Waals surface area contributed by atoms with E-state index in [0.29, 0.717) is 6.42 Å².